The summed E-state index contributed by atoms with van der Waals surface area (Å²) in [6, 6.07) is 0. The fourth-order valence-electron chi connectivity index (χ4n) is 0.718. The molecule has 0 aliphatic carbocycles. The summed E-state index contributed by atoms with van der Waals surface area (Å²) in [4.78, 5) is 0. The molecule has 2 N–H and O–H groups in total. The standard InChI is InChI=1S/C5H10N4.HI/c1-4-7-9(3)5(6)8(4)2;/h6H,1-3H3;1H. The lowest BCUT2D eigenvalue weighted by Gasteiger charge is -1.85. The molecule has 0 amide bonds. The van der Waals surface area contributed by atoms with E-state index >= 15 is 0 Å². The lowest BCUT2D eigenvalue weighted by Crippen LogP contribution is -3.00. The number of nitrogens with zero attached hydrogens (tertiary/aromatic N) is 3. The average molecular weight is 254 g/mol. The number of rotatable bonds is 0. The van der Waals surface area contributed by atoms with E-state index in [0.717, 1.165) is 5.82 Å². The van der Waals surface area contributed by atoms with E-state index in [1.165, 1.54) is 0 Å². The van der Waals surface area contributed by atoms with Crippen molar-refractivity contribution in [3.05, 3.63) is 5.82 Å². The van der Waals surface area contributed by atoms with Crippen molar-refractivity contribution >= 4 is 5.95 Å². The van der Waals surface area contributed by atoms with Gasteiger partial charge in [-0.15, -0.1) is 4.68 Å². The first-order valence-corrected chi connectivity index (χ1v) is 2.78. The Morgan fingerprint density at radius 3 is 2.20 bits per heavy atom. The molecule has 0 aromatic carbocycles. The van der Waals surface area contributed by atoms with Crippen LogP contribution in [0.5, 0.6) is 0 Å². The highest BCUT2D eigenvalue weighted by Crippen LogP contribution is 1.89. The lowest BCUT2D eigenvalue weighted by molar-refractivity contribution is -0.663. The van der Waals surface area contributed by atoms with Crippen LogP contribution in [-0.4, -0.2) is 9.78 Å². The van der Waals surface area contributed by atoms with E-state index in [1.807, 2.05) is 25.6 Å². The van der Waals surface area contributed by atoms with Gasteiger partial charge in [0.15, 0.2) is 0 Å². The molecule has 0 fully saturated rings. The maximum Gasteiger partial charge on any atom is 0.341 e. The molecule has 0 saturated carbocycles. The van der Waals surface area contributed by atoms with Crippen LogP contribution in [0.2, 0.25) is 0 Å². The summed E-state index contributed by atoms with van der Waals surface area (Å²) >= 11 is 0. The van der Waals surface area contributed by atoms with E-state index in [9.17, 15) is 0 Å². The van der Waals surface area contributed by atoms with Crippen LogP contribution >= 0.6 is 0 Å². The number of anilines is 1. The van der Waals surface area contributed by atoms with Gasteiger partial charge in [0.1, 0.15) is 0 Å². The largest absolute Gasteiger partial charge is 1.00 e. The molecule has 0 spiro atoms. The van der Waals surface area contributed by atoms with E-state index in [0.29, 0.717) is 5.95 Å². The molecule has 0 aliphatic rings. The summed E-state index contributed by atoms with van der Waals surface area (Å²) in [7, 11) is 3.71. The Morgan fingerprint density at radius 1 is 1.60 bits per heavy atom. The Labute approximate surface area is 77.0 Å². The SMILES string of the molecule is Cc1nn(C)c(N)[n+]1C.[I-]. The minimum Gasteiger partial charge on any atom is -1.00 e. The van der Waals surface area contributed by atoms with Gasteiger partial charge in [-0.05, 0) is 5.10 Å². The van der Waals surface area contributed by atoms with Crippen molar-refractivity contribution in [1.29, 1.82) is 0 Å². The van der Waals surface area contributed by atoms with E-state index in [4.69, 9.17) is 5.73 Å². The zero-order chi connectivity index (χ0) is 7.02. The highest BCUT2D eigenvalue weighted by atomic mass is 127. The molecule has 1 aromatic rings. The van der Waals surface area contributed by atoms with Gasteiger partial charge >= 0.3 is 5.95 Å². The molecule has 0 unspecified atom stereocenters. The van der Waals surface area contributed by atoms with Gasteiger partial charge in [-0.3, -0.25) is 0 Å². The molecular weight excluding hydrogens is 243 g/mol. The van der Waals surface area contributed by atoms with E-state index in [2.05, 4.69) is 5.10 Å². The van der Waals surface area contributed by atoms with Crippen molar-refractivity contribution < 1.29 is 28.5 Å². The van der Waals surface area contributed by atoms with Gasteiger partial charge in [0.05, 0.1) is 14.1 Å². The second kappa shape index (κ2) is 3.18. The van der Waals surface area contributed by atoms with Crippen molar-refractivity contribution in [1.82, 2.24) is 9.78 Å². The third-order valence-electron chi connectivity index (χ3n) is 1.46. The molecule has 10 heavy (non-hydrogen) atoms. The monoisotopic (exact) mass is 254 g/mol. The smallest absolute Gasteiger partial charge is 0.341 e. The average Bonchev–Trinajstić information content (AvgIpc) is 1.98. The van der Waals surface area contributed by atoms with Crippen LogP contribution in [0.4, 0.5) is 5.95 Å². The highest BCUT2D eigenvalue weighted by Gasteiger charge is 2.10. The number of nitrogen functional groups attached to an aromatic ring is 1. The number of aromatic nitrogens is 3. The minimum atomic E-state index is 0. The number of halogens is 1. The summed E-state index contributed by atoms with van der Waals surface area (Å²) in [5.74, 6) is 1.60. The van der Waals surface area contributed by atoms with Crippen molar-refractivity contribution in [2.24, 2.45) is 14.1 Å². The predicted molar refractivity (Wildman–Crippen MR) is 33.5 cm³/mol. The highest BCUT2D eigenvalue weighted by molar-refractivity contribution is 5.04. The van der Waals surface area contributed by atoms with Gasteiger partial charge < -0.3 is 29.7 Å². The Kier molecular flexibility index (Phi) is 3.07. The number of nitrogens with two attached hydrogens (primary N) is 1. The molecule has 4 nitrogen and oxygen atoms in total. The van der Waals surface area contributed by atoms with Crippen LogP contribution < -0.4 is 34.3 Å². The summed E-state index contributed by atoms with van der Waals surface area (Å²) in [6.07, 6.45) is 0. The Bertz CT molecular complexity index is 207. The molecule has 0 aliphatic heterocycles. The van der Waals surface area contributed by atoms with Gasteiger partial charge in [0.2, 0.25) is 5.82 Å². The van der Waals surface area contributed by atoms with Crippen molar-refractivity contribution in [3.8, 4) is 0 Å². The second-order valence-electron chi connectivity index (χ2n) is 2.09. The zero-order valence-corrected chi connectivity index (χ0v) is 8.45. The zero-order valence-electron chi connectivity index (χ0n) is 6.30. The van der Waals surface area contributed by atoms with Gasteiger partial charge in [0, 0.05) is 6.92 Å². The Hall–Kier alpha value is -0.330. The molecule has 0 radical (unpaired) electrons. The van der Waals surface area contributed by atoms with Crippen molar-refractivity contribution in [2.45, 2.75) is 6.92 Å². The number of aryl methyl sites for hydroxylation is 2. The van der Waals surface area contributed by atoms with E-state index in [1.54, 1.807) is 4.68 Å². The normalized spacial score (nSPS) is 9.10. The van der Waals surface area contributed by atoms with Crippen molar-refractivity contribution in [3.63, 3.8) is 0 Å². The van der Waals surface area contributed by atoms with E-state index < -0.39 is 0 Å². The lowest BCUT2D eigenvalue weighted by atomic mass is 10.7. The van der Waals surface area contributed by atoms with Crippen molar-refractivity contribution in [2.75, 3.05) is 5.73 Å². The molecule has 1 heterocycles. The van der Waals surface area contributed by atoms with Crippen LogP contribution in [0, 0.1) is 6.92 Å². The first kappa shape index (κ1) is 9.67. The topological polar surface area (TPSA) is 47.7 Å². The maximum absolute atomic E-state index is 5.57. The first-order chi connectivity index (χ1) is 4.13. The number of hydrogen-bond acceptors (Lipinski definition) is 2. The minimum absolute atomic E-state index is 0. The van der Waals surface area contributed by atoms with Crippen LogP contribution in [0.3, 0.4) is 0 Å². The molecule has 0 bridgehead atoms. The molecule has 1 aromatic heterocycles. The quantitative estimate of drug-likeness (QED) is 0.380. The molecule has 5 heteroatoms. The summed E-state index contributed by atoms with van der Waals surface area (Å²) < 4.78 is 3.48. The Balaban J connectivity index is 0.000000810. The number of hydrogen-bond donors (Lipinski definition) is 1. The summed E-state index contributed by atoms with van der Waals surface area (Å²) in [5, 5.41) is 4.06. The van der Waals surface area contributed by atoms with Crippen LogP contribution in [0.1, 0.15) is 5.82 Å². The third-order valence-corrected chi connectivity index (χ3v) is 1.46. The fourth-order valence-corrected chi connectivity index (χ4v) is 0.718. The predicted octanol–water partition coefficient (Wildman–Crippen LogP) is -3.86. The first-order valence-electron chi connectivity index (χ1n) is 2.78. The molecule has 58 valence electrons. The molecule has 1 rings (SSSR count). The van der Waals surface area contributed by atoms with E-state index in [-0.39, 0.29) is 24.0 Å². The Morgan fingerprint density at radius 2 is 2.10 bits per heavy atom. The molecule has 0 atom stereocenters. The summed E-state index contributed by atoms with van der Waals surface area (Å²) in [5.41, 5.74) is 5.57. The van der Waals surface area contributed by atoms with Crippen LogP contribution in [0.25, 0.3) is 0 Å². The van der Waals surface area contributed by atoms with Crippen LogP contribution in [-0.2, 0) is 14.1 Å². The second-order valence-corrected chi connectivity index (χ2v) is 2.09. The molecule has 0 saturated heterocycles. The van der Waals surface area contributed by atoms with Gasteiger partial charge in [-0.2, -0.15) is 0 Å². The molecular formula is C5H11IN4. The fraction of sp³-hybridized carbons (Fsp3) is 0.600. The van der Waals surface area contributed by atoms with Gasteiger partial charge in [-0.1, -0.05) is 0 Å². The van der Waals surface area contributed by atoms with Gasteiger partial charge in [-0.25, -0.2) is 4.57 Å². The van der Waals surface area contributed by atoms with Gasteiger partial charge in [0.25, 0.3) is 0 Å². The van der Waals surface area contributed by atoms with Crippen LogP contribution in [0.15, 0.2) is 0 Å². The maximum atomic E-state index is 5.57. The third kappa shape index (κ3) is 1.39. The summed E-state index contributed by atoms with van der Waals surface area (Å²) in [6.45, 7) is 1.91.